The lowest BCUT2D eigenvalue weighted by molar-refractivity contribution is -0.115. The minimum Gasteiger partial charge on any atom is -0.326 e. The number of aryl methyl sites for hydroxylation is 1. The number of nitrogens with zero attached hydrogens (tertiary/aromatic N) is 4. The van der Waals surface area contributed by atoms with Gasteiger partial charge < -0.3 is 5.32 Å². The third-order valence-electron chi connectivity index (χ3n) is 5.29. The number of carbonyl (C=O) groups excluding carboxylic acids is 2. The van der Waals surface area contributed by atoms with Crippen LogP contribution in [0.5, 0.6) is 0 Å². The number of aromatic nitrogens is 3. The average Bonchev–Trinajstić information content (AvgIpc) is 3.56. The van der Waals surface area contributed by atoms with Gasteiger partial charge in [-0.25, -0.2) is 9.67 Å². The molecule has 0 radical (unpaired) electrons. The summed E-state index contributed by atoms with van der Waals surface area (Å²) in [5, 5.41) is 10.8. The highest BCUT2D eigenvalue weighted by Crippen LogP contribution is 2.32. The summed E-state index contributed by atoms with van der Waals surface area (Å²) in [5.41, 5.74) is 3.19. The number of hydrogen-bond donors (Lipinski definition) is 1. The van der Waals surface area contributed by atoms with E-state index in [1.54, 1.807) is 7.05 Å². The van der Waals surface area contributed by atoms with Crippen LogP contribution in [0.25, 0.3) is 15.9 Å². The second kappa shape index (κ2) is 9.20. The van der Waals surface area contributed by atoms with Crippen molar-refractivity contribution in [1.82, 2.24) is 14.8 Å². The van der Waals surface area contributed by atoms with Gasteiger partial charge in [-0.15, -0.1) is 22.7 Å². The normalized spacial score (nSPS) is 11.0. The summed E-state index contributed by atoms with van der Waals surface area (Å²) in [5.74, 6) is -0.294. The summed E-state index contributed by atoms with van der Waals surface area (Å²) in [4.78, 5) is 33.2. The van der Waals surface area contributed by atoms with Crippen LogP contribution >= 0.6 is 22.7 Å². The van der Waals surface area contributed by atoms with E-state index in [-0.39, 0.29) is 18.2 Å². The number of benzene rings is 2. The van der Waals surface area contributed by atoms with E-state index in [0.717, 1.165) is 27.3 Å². The Bertz CT molecular complexity index is 1470. The van der Waals surface area contributed by atoms with Gasteiger partial charge in [-0.2, -0.15) is 5.10 Å². The third-order valence-corrected chi connectivity index (χ3v) is 7.35. The summed E-state index contributed by atoms with van der Waals surface area (Å²) >= 11 is 2.75. The van der Waals surface area contributed by atoms with Crippen LogP contribution in [-0.2, 0) is 11.2 Å². The van der Waals surface area contributed by atoms with E-state index >= 15 is 0 Å². The van der Waals surface area contributed by atoms with Gasteiger partial charge in [0, 0.05) is 23.5 Å². The summed E-state index contributed by atoms with van der Waals surface area (Å²) < 4.78 is 1.87. The van der Waals surface area contributed by atoms with Gasteiger partial charge in [-0.1, -0.05) is 36.4 Å². The topological polar surface area (TPSA) is 80.1 Å². The Hall–Kier alpha value is -3.82. The fraction of sp³-hybridized carbons (Fsp3) is 0.120. The number of carbonyl (C=O) groups is 2. The molecule has 34 heavy (non-hydrogen) atoms. The van der Waals surface area contributed by atoms with E-state index in [1.165, 1.54) is 27.6 Å². The molecule has 0 aliphatic rings. The molecule has 0 unspecified atom stereocenters. The number of fused-ring (bicyclic) bond motifs is 1. The molecule has 1 N–H and O–H groups in total. The first-order valence-electron chi connectivity index (χ1n) is 10.6. The monoisotopic (exact) mass is 487 g/mol. The Balaban J connectivity index is 1.33. The molecule has 7 nitrogen and oxygen atoms in total. The molecule has 3 aromatic heterocycles. The van der Waals surface area contributed by atoms with E-state index in [2.05, 4.69) is 15.4 Å². The van der Waals surface area contributed by atoms with E-state index in [4.69, 9.17) is 0 Å². The van der Waals surface area contributed by atoms with Crippen LogP contribution in [0.15, 0.2) is 72.1 Å². The fourth-order valence-electron chi connectivity index (χ4n) is 3.57. The van der Waals surface area contributed by atoms with Gasteiger partial charge in [0.1, 0.15) is 4.83 Å². The first-order valence-corrected chi connectivity index (χ1v) is 12.3. The molecule has 0 saturated carbocycles. The second-order valence-electron chi connectivity index (χ2n) is 7.74. The highest BCUT2D eigenvalue weighted by Gasteiger charge is 2.22. The SMILES string of the molecule is Cc1nn(-c2ccccc2)c2sc(C(=O)N(C)c3nc(CC(=O)Nc4ccccc4)cs3)cc12. The zero-order valence-electron chi connectivity index (χ0n) is 18.6. The summed E-state index contributed by atoms with van der Waals surface area (Å²) in [6.07, 6.45) is 0.141. The smallest absolute Gasteiger partial charge is 0.269 e. The summed E-state index contributed by atoms with van der Waals surface area (Å²) in [7, 11) is 1.70. The molecule has 0 aliphatic carbocycles. The largest absolute Gasteiger partial charge is 0.326 e. The van der Waals surface area contributed by atoms with Crippen LogP contribution in [0, 0.1) is 6.92 Å². The first kappa shape index (κ1) is 22.0. The molecule has 0 saturated heterocycles. The van der Waals surface area contributed by atoms with Crippen molar-refractivity contribution in [3.05, 3.63) is 88.4 Å². The van der Waals surface area contributed by atoms with E-state index in [9.17, 15) is 9.59 Å². The first-order chi connectivity index (χ1) is 16.5. The van der Waals surface area contributed by atoms with Crippen LogP contribution in [-0.4, -0.2) is 33.6 Å². The predicted octanol–water partition coefficient (Wildman–Crippen LogP) is 5.31. The molecule has 9 heteroatoms. The second-order valence-corrected chi connectivity index (χ2v) is 9.61. The van der Waals surface area contributed by atoms with Gasteiger partial charge in [0.25, 0.3) is 5.91 Å². The van der Waals surface area contributed by atoms with Crippen molar-refractivity contribution in [3.63, 3.8) is 0 Å². The number of amides is 2. The number of nitrogens with one attached hydrogen (secondary N) is 1. The minimum atomic E-state index is -0.150. The number of thiazole rings is 1. The Labute approximate surface area is 204 Å². The number of para-hydroxylation sites is 2. The molecule has 170 valence electrons. The van der Waals surface area contributed by atoms with Gasteiger partial charge in [-0.3, -0.25) is 14.5 Å². The lowest BCUT2D eigenvalue weighted by atomic mass is 10.3. The van der Waals surface area contributed by atoms with Crippen molar-refractivity contribution < 1.29 is 9.59 Å². The Kier molecular flexibility index (Phi) is 5.95. The highest BCUT2D eigenvalue weighted by atomic mass is 32.1. The highest BCUT2D eigenvalue weighted by molar-refractivity contribution is 7.20. The molecule has 0 fully saturated rings. The van der Waals surface area contributed by atoms with Gasteiger partial charge >= 0.3 is 0 Å². The van der Waals surface area contributed by atoms with Crippen LogP contribution in [0.3, 0.4) is 0 Å². The van der Waals surface area contributed by atoms with Crippen LogP contribution in [0.4, 0.5) is 10.8 Å². The molecule has 0 bridgehead atoms. The van der Waals surface area contributed by atoms with Gasteiger partial charge in [0.15, 0.2) is 5.13 Å². The van der Waals surface area contributed by atoms with E-state index < -0.39 is 0 Å². The zero-order valence-corrected chi connectivity index (χ0v) is 20.2. The van der Waals surface area contributed by atoms with E-state index in [1.807, 2.05) is 83.7 Å². The molecule has 0 spiro atoms. The van der Waals surface area contributed by atoms with Crippen molar-refractivity contribution in [2.75, 3.05) is 17.3 Å². The molecular formula is C25H21N5O2S2. The average molecular weight is 488 g/mol. The number of anilines is 2. The van der Waals surface area contributed by atoms with Gasteiger partial charge in [0.2, 0.25) is 5.91 Å². The quantitative estimate of drug-likeness (QED) is 0.352. The van der Waals surface area contributed by atoms with Gasteiger partial charge in [0.05, 0.1) is 28.4 Å². The lowest BCUT2D eigenvalue weighted by Gasteiger charge is -2.12. The molecule has 3 heterocycles. The zero-order chi connectivity index (χ0) is 23.7. The Morgan fingerprint density at radius 3 is 2.50 bits per heavy atom. The standard InChI is InChI=1S/C25H21N5O2S2/c1-16-20-14-21(34-24(20)30(28-16)19-11-7-4-8-12-19)23(32)29(2)25-27-18(15-33-25)13-22(31)26-17-9-5-3-6-10-17/h3-12,14-15H,13H2,1-2H3,(H,26,31). The van der Waals surface area contributed by atoms with Crippen LogP contribution in [0.1, 0.15) is 21.1 Å². The molecule has 2 aromatic carbocycles. The van der Waals surface area contributed by atoms with Crippen molar-refractivity contribution in [1.29, 1.82) is 0 Å². The number of hydrogen-bond acceptors (Lipinski definition) is 6. The van der Waals surface area contributed by atoms with Crippen molar-refractivity contribution in [2.24, 2.45) is 0 Å². The maximum absolute atomic E-state index is 13.2. The minimum absolute atomic E-state index is 0.141. The van der Waals surface area contributed by atoms with Gasteiger partial charge in [-0.05, 0) is 37.3 Å². The number of thiophene rings is 1. The lowest BCUT2D eigenvalue weighted by Crippen LogP contribution is -2.25. The maximum atomic E-state index is 13.2. The summed E-state index contributed by atoms with van der Waals surface area (Å²) in [6.45, 7) is 1.94. The predicted molar refractivity (Wildman–Crippen MR) is 137 cm³/mol. The molecule has 5 aromatic rings. The molecule has 0 atom stereocenters. The summed E-state index contributed by atoms with van der Waals surface area (Å²) in [6, 6.07) is 21.1. The maximum Gasteiger partial charge on any atom is 0.269 e. The van der Waals surface area contributed by atoms with Crippen LogP contribution in [0.2, 0.25) is 0 Å². The van der Waals surface area contributed by atoms with Crippen LogP contribution < -0.4 is 10.2 Å². The molecular weight excluding hydrogens is 466 g/mol. The van der Waals surface area contributed by atoms with E-state index in [0.29, 0.717) is 15.7 Å². The Morgan fingerprint density at radius 1 is 1.06 bits per heavy atom. The fourth-order valence-corrected chi connectivity index (χ4v) is 5.52. The van der Waals surface area contributed by atoms with Crippen molar-refractivity contribution in [3.8, 4) is 5.69 Å². The van der Waals surface area contributed by atoms with Crippen molar-refractivity contribution >= 4 is 55.5 Å². The van der Waals surface area contributed by atoms with Crippen molar-refractivity contribution in [2.45, 2.75) is 13.3 Å². The third kappa shape index (κ3) is 4.35. The molecule has 0 aliphatic heterocycles. The Morgan fingerprint density at radius 2 is 1.76 bits per heavy atom. The number of rotatable bonds is 6. The molecule has 2 amide bonds. The molecule has 5 rings (SSSR count).